The molecule has 1 aromatic rings. The van der Waals surface area contributed by atoms with Gasteiger partial charge in [-0.05, 0) is 30.5 Å². The summed E-state index contributed by atoms with van der Waals surface area (Å²) in [5.74, 6) is 0. The molecule has 4 nitrogen and oxygen atoms in total. The van der Waals surface area contributed by atoms with Crippen LogP contribution in [0.1, 0.15) is 16.7 Å². The van der Waals surface area contributed by atoms with E-state index in [1.807, 2.05) is 32.0 Å². The summed E-state index contributed by atoms with van der Waals surface area (Å²) >= 11 is 0. The van der Waals surface area contributed by atoms with Gasteiger partial charge in [0.2, 0.25) is 0 Å². The molecule has 78 valence electrons. The molecule has 0 aliphatic carbocycles. The SMILES string of the molecule is Cc1ccc(COS(N)(=O)=O)cc1C. The molecule has 0 radical (unpaired) electrons. The quantitative estimate of drug-likeness (QED) is 0.818. The van der Waals surface area contributed by atoms with E-state index >= 15 is 0 Å². The van der Waals surface area contributed by atoms with Gasteiger partial charge in [-0.1, -0.05) is 18.2 Å². The van der Waals surface area contributed by atoms with Crippen molar-refractivity contribution in [3.05, 3.63) is 34.9 Å². The minimum atomic E-state index is -3.85. The van der Waals surface area contributed by atoms with Crippen molar-refractivity contribution in [1.29, 1.82) is 0 Å². The van der Waals surface area contributed by atoms with Gasteiger partial charge in [-0.25, -0.2) is 5.14 Å². The van der Waals surface area contributed by atoms with E-state index in [2.05, 4.69) is 4.18 Å². The van der Waals surface area contributed by atoms with Gasteiger partial charge in [0.1, 0.15) is 0 Å². The van der Waals surface area contributed by atoms with Crippen LogP contribution in [0.2, 0.25) is 0 Å². The summed E-state index contributed by atoms with van der Waals surface area (Å²) in [7, 11) is -3.85. The van der Waals surface area contributed by atoms with Crippen molar-refractivity contribution in [2.45, 2.75) is 20.5 Å². The number of benzene rings is 1. The monoisotopic (exact) mass is 215 g/mol. The van der Waals surface area contributed by atoms with Gasteiger partial charge in [0.15, 0.2) is 0 Å². The summed E-state index contributed by atoms with van der Waals surface area (Å²) in [4.78, 5) is 0. The maximum absolute atomic E-state index is 10.5. The van der Waals surface area contributed by atoms with E-state index in [1.165, 1.54) is 0 Å². The summed E-state index contributed by atoms with van der Waals surface area (Å²) in [5, 5.41) is 4.70. The van der Waals surface area contributed by atoms with Gasteiger partial charge in [-0.15, -0.1) is 0 Å². The van der Waals surface area contributed by atoms with Crippen molar-refractivity contribution in [2.24, 2.45) is 5.14 Å². The van der Waals surface area contributed by atoms with E-state index in [1.54, 1.807) is 0 Å². The number of nitrogens with two attached hydrogens (primary N) is 1. The molecular weight excluding hydrogens is 202 g/mol. The average molecular weight is 215 g/mol. The number of hydrogen-bond acceptors (Lipinski definition) is 3. The van der Waals surface area contributed by atoms with Gasteiger partial charge in [-0.2, -0.15) is 8.42 Å². The Kier molecular flexibility index (Phi) is 3.25. The lowest BCUT2D eigenvalue weighted by Gasteiger charge is -2.04. The molecule has 0 atom stereocenters. The predicted octanol–water partition coefficient (Wildman–Crippen LogP) is 1.02. The minimum absolute atomic E-state index is 0.0139. The molecule has 0 aromatic heterocycles. The van der Waals surface area contributed by atoms with Crippen LogP contribution >= 0.6 is 0 Å². The van der Waals surface area contributed by atoms with Crippen molar-refractivity contribution in [3.63, 3.8) is 0 Å². The summed E-state index contributed by atoms with van der Waals surface area (Å²) in [5.41, 5.74) is 3.05. The van der Waals surface area contributed by atoms with Gasteiger partial charge in [0.25, 0.3) is 0 Å². The average Bonchev–Trinajstić information content (AvgIpc) is 2.06. The first-order valence-electron chi connectivity index (χ1n) is 4.12. The highest BCUT2D eigenvalue weighted by molar-refractivity contribution is 7.84. The summed E-state index contributed by atoms with van der Waals surface area (Å²) in [6.45, 7) is 3.93. The zero-order valence-electron chi connectivity index (χ0n) is 8.15. The van der Waals surface area contributed by atoms with Crippen LogP contribution in [0.4, 0.5) is 0 Å². The smallest absolute Gasteiger partial charge is 0.253 e. The Hall–Kier alpha value is -0.910. The van der Waals surface area contributed by atoms with Crippen molar-refractivity contribution in [2.75, 3.05) is 0 Å². The molecule has 0 heterocycles. The zero-order chi connectivity index (χ0) is 10.8. The summed E-state index contributed by atoms with van der Waals surface area (Å²) in [6, 6.07) is 5.60. The highest BCUT2D eigenvalue weighted by Crippen LogP contribution is 2.10. The Labute approximate surface area is 83.9 Å². The fourth-order valence-corrected chi connectivity index (χ4v) is 1.34. The van der Waals surface area contributed by atoms with Crippen molar-refractivity contribution < 1.29 is 12.6 Å². The molecule has 2 N–H and O–H groups in total. The molecule has 1 rings (SSSR count). The molecule has 0 spiro atoms. The normalized spacial score (nSPS) is 11.6. The number of aryl methyl sites for hydroxylation is 2. The Bertz CT molecular complexity index is 426. The van der Waals surface area contributed by atoms with Crippen LogP contribution in [-0.4, -0.2) is 8.42 Å². The van der Waals surface area contributed by atoms with Crippen LogP contribution in [0.25, 0.3) is 0 Å². The second-order valence-electron chi connectivity index (χ2n) is 3.17. The van der Waals surface area contributed by atoms with E-state index in [4.69, 9.17) is 5.14 Å². The Balaban J connectivity index is 2.74. The van der Waals surface area contributed by atoms with Crippen molar-refractivity contribution in [1.82, 2.24) is 0 Å². The molecule has 0 unspecified atom stereocenters. The van der Waals surface area contributed by atoms with E-state index in [0.717, 1.165) is 16.7 Å². The van der Waals surface area contributed by atoms with Gasteiger partial charge >= 0.3 is 10.3 Å². The van der Waals surface area contributed by atoms with Crippen LogP contribution in [0.15, 0.2) is 18.2 Å². The van der Waals surface area contributed by atoms with Crippen LogP contribution < -0.4 is 5.14 Å². The Morgan fingerprint density at radius 3 is 2.43 bits per heavy atom. The molecule has 0 aliphatic rings. The maximum Gasteiger partial charge on any atom is 0.333 e. The Morgan fingerprint density at radius 2 is 1.93 bits per heavy atom. The third kappa shape index (κ3) is 3.45. The topological polar surface area (TPSA) is 69.4 Å². The second kappa shape index (κ2) is 4.08. The molecule has 5 heteroatoms. The van der Waals surface area contributed by atoms with Gasteiger partial charge in [-0.3, -0.25) is 4.18 Å². The first kappa shape index (κ1) is 11.2. The first-order valence-corrected chi connectivity index (χ1v) is 5.59. The standard InChI is InChI=1S/C9H13NO3S/c1-7-3-4-9(5-8(7)2)6-13-14(10,11)12/h3-5H,6H2,1-2H3,(H2,10,11,12). The van der Waals surface area contributed by atoms with Crippen LogP contribution in [0, 0.1) is 13.8 Å². The zero-order valence-corrected chi connectivity index (χ0v) is 8.97. The van der Waals surface area contributed by atoms with Crippen LogP contribution in [0.5, 0.6) is 0 Å². The predicted molar refractivity (Wildman–Crippen MR) is 53.8 cm³/mol. The van der Waals surface area contributed by atoms with E-state index < -0.39 is 10.3 Å². The lowest BCUT2D eigenvalue weighted by Crippen LogP contribution is -2.15. The molecule has 1 aromatic carbocycles. The molecule has 0 aliphatic heterocycles. The van der Waals surface area contributed by atoms with Gasteiger partial charge in [0.05, 0.1) is 6.61 Å². The molecule has 0 amide bonds. The van der Waals surface area contributed by atoms with Crippen molar-refractivity contribution >= 4 is 10.3 Å². The minimum Gasteiger partial charge on any atom is -0.253 e. The van der Waals surface area contributed by atoms with Crippen LogP contribution in [0.3, 0.4) is 0 Å². The van der Waals surface area contributed by atoms with E-state index in [0.29, 0.717) is 0 Å². The fraction of sp³-hybridized carbons (Fsp3) is 0.333. The Morgan fingerprint density at radius 1 is 1.29 bits per heavy atom. The molecule has 0 fully saturated rings. The summed E-state index contributed by atoms with van der Waals surface area (Å²) < 4.78 is 25.5. The maximum atomic E-state index is 10.5. The number of rotatable bonds is 3. The van der Waals surface area contributed by atoms with E-state index in [-0.39, 0.29) is 6.61 Å². The third-order valence-corrected chi connectivity index (χ3v) is 2.41. The molecule has 14 heavy (non-hydrogen) atoms. The van der Waals surface area contributed by atoms with E-state index in [9.17, 15) is 8.42 Å². The highest BCUT2D eigenvalue weighted by Gasteiger charge is 2.03. The molecule has 0 saturated heterocycles. The third-order valence-electron chi connectivity index (χ3n) is 1.96. The van der Waals surface area contributed by atoms with Gasteiger partial charge < -0.3 is 0 Å². The van der Waals surface area contributed by atoms with Crippen LogP contribution in [-0.2, 0) is 21.1 Å². The first-order chi connectivity index (χ1) is 6.38. The lowest BCUT2D eigenvalue weighted by molar-refractivity contribution is 0.308. The largest absolute Gasteiger partial charge is 0.333 e. The summed E-state index contributed by atoms with van der Waals surface area (Å²) in [6.07, 6.45) is 0. The highest BCUT2D eigenvalue weighted by atomic mass is 32.2. The number of hydrogen-bond donors (Lipinski definition) is 1. The molecule has 0 saturated carbocycles. The molecule has 0 bridgehead atoms. The van der Waals surface area contributed by atoms with Gasteiger partial charge in [0, 0.05) is 0 Å². The molecular formula is C9H13NO3S. The second-order valence-corrected chi connectivity index (χ2v) is 4.39. The lowest BCUT2D eigenvalue weighted by atomic mass is 10.1. The fourth-order valence-electron chi connectivity index (χ4n) is 1.04. The van der Waals surface area contributed by atoms with Crippen molar-refractivity contribution in [3.8, 4) is 0 Å².